The van der Waals surface area contributed by atoms with Gasteiger partial charge in [0.05, 0.1) is 12.6 Å². The average molecular weight is 217 g/mol. The van der Waals surface area contributed by atoms with Gasteiger partial charge < -0.3 is 4.74 Å². The molecule has 2 heteroatoms. The second-order valence-corrected chi connectivity index (χ2v) is 4.67. The minimum absolute atomic E-state index is 0.200. The van der Waals surface area contributed by atoms with E-state index in [1.807, 2.05) is 12.1 Å². The maximum absolute atomic E-state index is 5.78. The van der Waals surface area contributed by atoms with Crippen LogP contribution < -0.4 is 0 Å². The largest absolute Gasteiger partial charge is 0.359 e. The van der Waals surface area contributed by atoms with E-state index in [1.165, 1.54) is 5.56 Å². The fourth-order valence-corrected chi connectivity index (χ4v) is 2.14. The molecule has 2 nitrogen and oxygen atoms in total. The van der Waals surface area contributed by atoms with E-state index >= 15 is 0 Å². The lowest BCUT2D eigenvalue weighted by Crippen LogP contribution is -2.42. The summed E-state index contributed by atoms with van der Waals surface area (Å²) < 4.78 is 5.78. The molecule has 1 aromatic rings. The third-order valence-corrected chi connectivity index (χ3v) is 3.17. The summed E-state index contributed by atoms with van der Waals surface area (Å²) in [7, 11) is 0. The van der Waals surface area contributed by atoms with Crippen molar-refractivity contribution < 1.29 is 4.74 Å². The highest BCUT2D eigenvalue weighted by Crippen LogP contribution is 2.29. The van der Waals surface area contributed by atoms with Crippen molar-refractivity contribution in [1.82, 2.24) is 4.90 Å². The van der Waals surface area contributed by atoms with Gasteiger partial charge in [-0.25, -0.2) is 0 Å². The van der Waals surface area contributed by atoms with Crippen molar-refractivity contribution >= 4 is 0 Å². The van der Waals surface area contributed by atoms with Crippen molar-refractivity contribution in [1.29, 1.82) is 0 Å². The van der Waals surface area contributed by atoms with Crippen LogP contribution in [0.5, 0.6) is 0 Å². The van der Waals surface area contributed by atoms with Gasteiger partial charge >= 0.3 is 0 Å². The van der Waals surface area contributed by atoms with Gasteiger partial charge in [0, 0.05) is 6.54 Å². The first-order valence-electron chi connectivity index (χ1n) is 5.70. The van der Waals surface area contributed by atoms with Crippen LogP contribution in [0, 0.1) is 0 Å². The Hall–Kier alpha value is -1.12. The van der Waals surface area contributed by atoms with Crippen molar-refractivity contribution in [3.63, 3.8) is 0 Å². The van der Waals surface area contributed by atoms with Gasteiger partial charge in [0.2, 0.25) is 0 Å². The molecule has 1 heterocycles. The van der Waals surface area contributed by atoms with E-state index in [1.54, 1.807) is 0 Å². The van der Waals surface area contributed by atoms with Crippen LogP contribution in [0.3, 0.4) is 0 Å². The van der Waals surface area contributed by atoms with Gasteiger partial charge in [-0.15, -0.1) is 6.58 Å². The summed E-state index contributed by atoms with van der Waals surface area (Å²) in [6.45, 7) is 9.75. The maximum atomic E-state index is 5.78. The number of hydrogen-bond donors (Lipinski definition) is 0. The lowest BCUT2D eigenvalue weighted by molar-refractivity contribution is -0.0559. The standard InChI is InChI=1S/C14H19NO/c1-4-13-11-16-14(2,3)15(13)10-12-8-6-5-7-9-12/h4-9,13H,1,10-11H2,2-3H3/t13-/m0/s1. The van der Waals surface area contributed by atoms with Crippen molar-refractivity contribution in [2.24, 2.45) is 0 Å². The molecule has 1 atom stereocenters. The van der Waals surface area contributed by atoms with Crippen LogP contribution in [0.4, 0.5) is 0 Å². The summed E-state index contributed by atoms with van der Waals surface area (Å²) >= 11 is 0. The Kier molecular flexibility index (Phi) is 3.13. The minimum Gasteiger partial charge on any atom is -0.359 e. The fraction of sp³-hybridized carbons (Fsp3) is 0.429. The first-order chi connectivity index (χ1) is 7.63. The van der Waals surface area contributed by atoms with E-state index in [2.05, 4.69) is 49.6 Å². The topological polar surface area (TPSA) is 12.5 Å². The van der Waals surface area contributed by atoms with E-state index in [-0.39, 0.29) is 5.72 Å². The van der Waals surface area contributed by atoms with E-state index < -0.39 is 0 Å². The zero-order valence-corrected chi connectivity index (χ0v) is 10.0. The van der Waals surface area contributed by atoms with E-state index in [0.29, 0.717) is 6.04 Å². The molecule has 16 heavy (non-hydrogen) atoms. The molecule has 0 spiro atoms. The van der Waals surface area contributed by atoms with E-state index in [9.17, 15) is 0 Å². The summed E-state index contributed by atoms with van der Waals surface area (Å²) in [6, 6.07) is 10.8. The molecule has 0 aromatic heterocycles. The van der Waals surface area contributed by atoms with Crippen LogP contribution in [-0.4, -0.2) is 23.3 Å². The molecule has 0 aliphatic carbocycles. The summed E-state index contributed by atoms with van der Waals surface area (Å²) in [4.78, 5) is 2.34. The van der Waals surface area contributed by atoms with Gasteiger partial charge in [0.1, 0.15) is 5.72 Å². The van der Waals surface area contributed by atoms with Crippen LogP contribution in [-0.2, 0) is 11.3 Å². The predicted octanol–water partition coefficient (Wildman–Crippen LogP) is 2.81. The van der Waals surface area contributed by atoms with Crippen molar-refractivity contribution in [3.8, 4) is 0 Å². The highest BCUT2D eigenvalue weighted by Gasteiger charge is 2.38. The number of rotatable bonds is 3. The normalized spacial score (nSPS) is 24.5. The summed E-state index contributed by atoms with van der Waals surface area (Å²) in [5.41, 5.74) is 1.11. The Morgan fingerprint density at radius 3 is 2.75 bits per heavy atom. The van der Waals surface area contributed by atoms with E-state index in [0.717, 1.165) is 13.2 Å². The zero-order chi connectivity index (χ0) is 11.6. The van der Waals surface area contributed by atoms with Gasteiger partial charge in [-0.1, -0.05) is 36.4 Å². The number of nitrogens with zero attached hydrogens (tertiary/aromatic N) is 1. The molecule has 0 amide bonds. The third kappa shape index (κ3) is 2.18. The maximum Gasteiger partial charge on any atom is 0.116 e. The molecule has 1 aromatic carbocycles. The van der Waals surface area contributed by atoms with Crippen LogP contribution in [0.1, 0.15) is 19.4 Å². The van der Waals surface area contributed by atoms with E-state index in [4.69, 9.17) is 4.74 Å². The Bertz CT molecular complexity index is 358. The Labute approximate surface area is 97.5 Å². The Morgan fingerprint density at radius 1 is 1.44 bits per heavy atom. The van der Waals surface area contributed by atoms with Gasteiger partial charge in [-0.05, 0) is 19.4 Å². The second-order valence-electron chi connectivity index (χ2n) is 4.67. The van der Waals surface area contributed by atoms with Crippen molar-refractivity contribution in [2.75, 3.05) is 6.61 Å². The van der Waals surface area contributed by atoms with Gasteiger partial charge in [-0.2, -0.15) is 0 Å². The molecule has 86 valence electrons. The molecule has 0 radical (unpaired) electrons. The molecule has 1 saturated heterocycles. The zero-order valence-electron chi connectivity index (χ0n) is 10.0. The monoisotopic (exact) mass is 217 g/mol. The highest BCUT2D eigenvalue weighted by atomic mass is 16.5. The minimum atomic E-state index is -0.200. The van der Waals surface area contributed by atoms with Crippen LogP contribution >= 0.6 is 0 Å². The molecule has 1 aliphatic rings. The first-order valence-corrected chi connectivity index (χ1v) is 5.70. The molecule has 0 unspecified atom stereocenters. The summed E-state index contributed by atoms with van der Waals surface area (Å²) in [5, 5.41) is 0. The summed E-state index contributed by atoms with van der Waals surface area (Å²) in [5.74, 6) is 0. The van der Waals surface area contributed by atoms with Crippen molar-refractivity contribution in [3.05, 3.63) is 48.6 Å². The molecule has 1 fully saturated rings. The molecule has 1 aliphatic heterocycles. The lowest BCUT2D eigenvalue weighted by atomic mass is 10.1. The van der Waals surface area contributed by atoms with Gasteiger partial charge in [0.25, 0.3) is 0 Å². The third-order valence-electron chi connectivity index (χ3n) is 3.17. The molecule has 2 rings (SSSR count). The fourth-order valence-electron chi connectivity index (χ4n) is 2.14. The van der Waals surface area contributed by atoms with Gasteiger partial charge in [-0.3, -0.25) is 4.90 Å². The number of ether oxygens (including phenoxy) is 1. The quantitative estimate of drug-likeness (QED) is 0.722. The predicted molar refractivity (Wildman–Crippen MR) is 66.0 cm³/mol. The number of hydrogen-bond acceptors (Lipinski definition) is 2. The second kappa shape index (κ2) is 4.40. The Morgan fingerprint density at radius 2 is 2.12 bits per heavy atom. The molecule has 0 bridgehead atoms. The van der Waals surface area contributed by atoms with Crippen LogP contribution in [0.2, 0.25) is 0 Å². The SMILES string of the molecule is C=C[C@H]1COC(C)(C)N1Cc1ccccc1. The lowest BCUT2D eigenvalue weighted by Gasteiger charge is -2.32. The molecular formula is C14H19NO. The smallest absolute Gasteiger partial charge is 0.116 e. The number of benzene rings is 1. The first kappa shape index (κ1) is 11.4. The molecular weight excluding hydrogens is 198 g/mol. The average Bonchev–Trinajstić information content (AvgIpc) is 2.56. The molecule has 0 saturated carbocycles. The van der Waals surface area contributed by atoms with Crippen molar-refractivity contribution in [2.45, 2.75) is 32.2 Å². The summed E-state index contributed by atoms with van der Waals surface area (Å²) in [6.07, 6.45) is 1.97. The highest BCUT2D eigenvalue weighted by molar-refractivity contribution is 5.15. The Balaban J connectivity index is 2.15. The van der Waals surface area contributed by atoms with Crippen LogP contribution in [0.15, 0.2) is 43.0 Å². The van der Waals surface area contributed by atoms with Gasteiger partial charge in [0.15, 0.2) is 0 Å². The molecule has 0 N–H and O–H groups in total. The van der Waals surface area contributed by atoms with Crippen LogP contribution in [0.25, 0.3) is 0 Å².